The van der Waals surface area contributed by atoms with Gasteiger partial charge >= 0.3 is 30.9 Å². The van der Waals surface area contributed by atoms with Gasteiger partial charge in [0.1, 0.15) is 11.8 Å². The summed E-state index contributed by atoms with van der Waals surface area (Å²) in [6.07, 6.45) is 0.280. The lowest BCUT2D eigenvalue weighted by Gasteiger charge is -2.33. The lowest BCUT2D eigenvalue weighted by Crippen LogP contribution is -2.60. The molecule has 200 valence electrons. The number of carbonyl (C=O) groups excluding carboxylic acids is 4. The van der Waals surface area contributed by atoms with Crippen molar-refractivity contribution in [1.82, 2.24) is 15.1 Å². The number of hydrogen-bond donors (Lipinski definition) is 4. The first-order valence-electron chi connectivity index (χ1n) is 12.0. The van der Waals surface area contributed by atoms with Crippen molar-refractivity contribution < 1.29 is 43.9 Å². The van der Waals surface area contributed by atoms with E-state index in [2.05, 4.69) is 5.32 Å². The van der Waals surface area contributed by atoms with Crippen molar-refractivity contribution in [2.45, 2.75) is 49.8 Å². The van der Waals surface area contributed by atoms with Crippen LogP contribution < -0.4 is 9.97 Å². The Morgan fingerprint density at radius 3 is 2.62 bits per heavy atom. The zero-order chi connectivity index (χ0) is 27.3. The number of fused-ring (bicyclic) bond motifs is 1. The van der Waals surface area contributed by atoms with Crippen LogP contribution in [0.25, 0.3) is 0 Å². The van der Waals surface area contributed by atoms with Crippen molar-refractivity contribution in [3.63, 3.8) is 0 Å². The number of aromatic carboxylic acids is 1. The van der Waals surface area contributed by atoms with Gasteiger partial charge in [0, 0.05) is 38.5 Å². The monoisotopic (exact) mass is 537 g/mol. The molecule has 12 nitrogen and oxygen atoms in total. The third-order valence-electron chi connectivity index (χ3n) is 6.48. The maximum atomic E-state index is 13.3. The minimum atomic E-state index is -1.49. The van der Waals surface area contributed by atoms with Crippen molar-refractivity contribution in [2.75, 3.05) is 26.2 Å². The van der Waals surface area contributed by atoms with E-state index in [1.54, 1.807) is 13.0 Å². The second-order valence-electron chi connectivity index (χ2n) is 8.89. The van der Waals surface area contributed by atoms with E-state index in [0.717, 1.165) is 4.90 Å². The molecule has 1 saturated heterocycles. The van der Waals surface area contributed by atoms with Crippen LogP contribution in [0.2, 0.25) is 5.82 Å². The zero-order valence-electron chi connectivity index (χ0n) is 20.3. The molecule has 0 aliphatic carbocycles. The fraction of sp³-hybridized carbons (Fsp3) is 0.522. The molecule has 2 heterocycles. The molecule has 3 rings (SSSR count). The molecule has 0 radical (unpaired) electrons. The van der Waals surface area contributed by atoms with E-state index in [1.807, 2.05) is 0 Å². The van der Waals surface area contributed by atoms with Crippen LogP contribution in [0, 0.1) is 0 Å². The molecule has 37 heavy (non-hydrogen) atoms. The highest BCUT2D eigenvalue weighted by Gasteiger charge is 2.42. The van der Waals surface area contributed by atoms with E-state index in [4.69, 9.17) is 21.4 Å². The van der Waals surface area contributed by atoms with E-state index in [1.165, 1.54) is 17.0 Å². The molecule has 3 atom stereocenters. The highest BCUT2D eigenvalue weighted by atomic mass is 35.5. The van der Waals surface area contributed by atoms with Gasteiger partial charge in [-0.1, -0.05) is 12.1 Å². The van der Waals surface area contributed by atoms with Crippen LogP contribution in [0.4, 0.5) is 4.79 Å². The van der Waals surface area contributed by atoms with Gasteiger partial charge in [0.2, 0.25) is 0 Å². The van der Waals surface area contributed by atoms with Gasteiger partial charge in [0.15, 0.2) is 5.78 Å². The van der Waals surface area contributed by atoms with Crippen LogP contribution >= 0.6 is 11.6 Å². The summed E-state index contributed by atoms with van der Waals surface area (Å²) in [4.78, 5) is 64.3. The maximum Gasteiger partial charge on any atom is 0.526 e. The highest BCUT2D eigenvalue weighted by Crippen LogP contribution is 2.36. The first kappa shape index (κ1) is 28.4. The standard InChI is InChI=1S/C23H29BClN3O9/c1-2-27-8-9-28(21(32)20(27)31)23(35)26-18(16(25)7-4-10-29)17(30)12-14-11-13-5-3-6-15(22(33)34)19(13)37-24(14)36/h3,5-6,14,16,18,29,36H,2,4,7-12H2,1H3,(H,26,35)(H,33,34)/t14-,16?,18?/m1/s1. The van der Waals surface area contributed by atoms with Crippen LogP contribution in [-0.2, 0) is 20.8 Å². The normalized spacial score (nSPS) is 19.1. The predicted octanol–water partition coefficient (Wildman–Crippen LogP) is 0.278. The third kappa shape index (κ3) is 6.41. The summed E-state index contributed by atoms with van der Waals surface area (Å²) in [5.74, 6) is -4.34. The molecule has 0 spiro atoms. The van der Waals surface area contributed by atoms with Gasteiger partial charge in [-0.2, -0.15) is 0 Å². The number of ketones is 1. The Hall–Kier alpha value is -3.16. The zero-order valence-corrected chi connectivity index (χ0v) is 21.0. The number of imide groups is 1. The number of nitrogens with one attached hydrogen (secondary N) is 1. The molecule has 2 aliphatic heterocycles. The number of nitrogens with zero attached hydrogens (tertiary/aromatic N) is 2. The number of carboxylic acids is 1. The quantitative estimate of drug-likeness (QED) is 0.186. The number of alkyl halides is 1. The number of halogens is 1. The third-order valence-corrected chi connectivity index (χ3v) is 6.95. The average Bonchev–Trinajstić information content (AvgIpc) is 2.87. The molecule has 1 aromatic carbocycles. The molecule has 2 unspecified atom stereocenters. The van der Waals surface area contributed by atoms with Crippen molar-refractivity contribution in [2.24, 2.45) is 0 Å². The van der Waals surface area contributed by atoms with Crippen molar-refractivity contribution in [1.29, 1.82) is 0 Å². The second kappa shape index (κ2) is 12.4. The molecule has 0 aromatic heterocycles. The maximum absolute atomic E-state index is 13.3. The SMILES string of the molecule is CCN1CCN(C(=O)NC(C(=O)C[C@H]2Cc3cccc(C(=O)O)c3OB2O)C(Cl)CCCO)C(=O)C1=O. The van der Waals surface area contributed by atoms with Crippen LogP contribution in [0.5, 0.6) is 5.75 Å². The van der Waals surface area contributed by atoms with E-state index >= 15 is 0 Å². The van der Waals surface area contributed by atoms with Crippen molar-refractivity contribution >= 4 is 48.3 Å². The Morgan fingerprint density at radius 2 is 1.97 bits per heavy atom. The summed E-state index contributed by atoms with van der Waals surface area (Å²) in [6, 6.07) is 2.28. The minimum absolute atomic E-state index is 0.0311. The number of carboxylic acid groups (broad SMARTS) is 1. The number of benzene rings is 1. The van der Waals surface area contributed by atoms with Crippen LogP contribution in [-0.4, -0.2) is 99.4 Å². The molecule has 14 heteroatoms. The average molecular weight is 538 g/mol. The molecule has 1 aromatic rings. The molecule has 2 aliphatic rings. The summed E-state index contributed by atoms with van der Waals surface area (Å²) in [5.41, 5.74) is 0.392. The summed E-state index contributed by atoms with van der Waals surface area (Å²) < 4.78 is 5.44. The predicted molar refractivity (Wildman–Crippen MR) is 131 cm³/mol. The molecule has 1 fully saturated rings. The molecular weight excluding hydrogens is 509 g/mol. The fourth-order valence-corrected chi connectivity index (χ4v) is 4.78. The number of hydrogen-bond acceptors (Lipinski definition) is 8. The van der Waals surface area contributed by atoms with Crippen LogP contribution in [0.3, 0.4) is 0 Å². The Morgan fingerprint density at radius 1 is 1.24 bits per heavy atom. The number of Topliss-reactive ketones (excluding diaryl/α,β-unsaturated/α-hetero) is 1. The van der Waals surface area contributed by atoms with E-state index < -0.39 is 54.0 Å². The fourth-order valence-electron chi connectivity index (χ4n) is 4.42. The first-order valence-corrected chi connectivity index (χ1v) is 12.4. The molecule has 0 saturated carbocycles. The summed E-state index contributed by atoms with van der Waals surface area (Å²) in [6.45, 7) is 1.94. The van der Waals surface area contributed by atoms with Gasteiger partial charge in [-0.25, -0.2) is 9.59 Å². The van der Waals surface area contributed by atoms with E-state index in [9.17, 15) is 34.1 Å². The topological polar surface area (TPSA) is 174 Å². The molecule has 4 N–H and O–H groups in total. The molecule has 0 bridgehead atoms. The van der Waals surface area contributed by atoms with Gasteiger partial charge in [0.25, 0.3) is 0 Å². The summed E-state index contributed by atoms with van der Waals surface area (Å²) >= 11 is 6.42. The number of piperazine rings is 1. The Balaban J connectivity index is 1.75. The highest BCUT2D eigenvalue weighted by molar-refractivity contribution is 6.47. The number of likely N-dealkylation sites (N-methyl/N-ethyl adjacent to an activating group) is 1. The number of rotatable bonds is 10. The first-order chi connectivity index (χ1) is 17.6. The number of urea groups is 1. The van der Waals surface area contributed by atoms with Crippen molar-refractivity contribution in [3.8, 4) is 5.75 Å². The lowest BCUT2D eigenvalue weighted by molar-refractivity contribution is -0.153. The Labute approximate surface area is 218 Å². The Bertz CT molecular complexity index is 1070. The smallest absolute Gasteiger partial charge is 0.526 e. The molecular formula is C23H29BClN3O9. The second-order valence-corrected chi connectivity index (χ2v) is 9.45. The van der Waals surface area contributed by atoms with Gasteiger partial charge in [-0.3, -0.25) is 19.3 Å². The summed E-state index contributed by atoms with van der Waals surface area (Å²) in [7, 11) is -1.49. The van der Waals surface area contributed by atoms with Gasteiger partial charge in [-0.15, -0.1) is 11.6 Å². The van der Waals surface area contributed by atoms with E-state index in [-0.39, 0.29) is 56.7 Å². The number of para-hydroxylation sites is 1. The van der Waals surface area contributed by atoms with Crippen LogP contribution in [0.1, 0.15) is 42.1 Å². The number of aliphatic hydroxyl groups excluding tert-OH is 1. The van der Waals surface area contributed by atoms with Crippen LogP contribution in [0.15, 0.2) is 18.2 Å². The van der Waals surface area contributed by atoms with Gasteiger partial charge in [-0.05, 0) is 37.8 Å². The number of aliphatic hydroxyl groups is 1. The lowest BCUT2D eigenvalue weighted by atomic mass is 9.64. The number of carbonyl (C=O) groups is 5. The number of amides is 4. The minimum Gasteiger partial charge on any atom is -0.535 e. The Kier molecular flexibility index (Phi) is 9.52. The van der Waals surface area contributed by atoms with E-state index in [0.29, 0.717) is 12.1 Å². The van der Waals surface area contributed by atoms with Crippen molar-refractivity contribution in [3.05, 3.63) is 29.3 Å². The summed E-state index contributed by atoms with van der Waals surface area (Å²) in [5, 5.41) is 30.6. The van der Waals surface area contributed by atoms with Gasteiger partial charge in [0.05, 0.1) is 10.9 Å². The largest absolute Gasteiger partial charge is 0.535 e. The molecule has 4 amide bonds. The van der Waals surface area contributed by atoms with Gasteiger partial charge < -0.3 is 30.1 Å².